The van der Waals surface area contributed by atoms with Crippen LogP contribution in [-0.2, 0) is 9.59 Å². The van der Waals surface area contributed by atoms with Gasteiger partial charge in [-0.2, -0.15) is 0 Å². The third kappa shape index (κ3) is 7.00. The number of benzene rings is 2. The molecular formula is C30H30O10S2. The molecule has 0 fully saturated rings. The van der Waals surface area contributed by atoms with Gasteiger partial charge in [-0.05, 0) is 35.0 Å². The van der Waals surface area contributed by atoms with Gasteiger partial charge in [0.2, 0.25) is 0 Å². The number of carboxylic acids is 2. The minimum atomic E-state index is -1.01. The van der Waals surface area contributed by atoms with Gasteiger partial charge in [0.25, 0.3) is 0 Å². The number of carboxylic acid groups (broad SMARTS) is 2. The summed E-state index contributed by atoms with van der Waals surface area (Å²) in [5.41, 5.74) is 0. The minimum absolute atomic E-state index is 0.0812. The number of carbonyl (C=O) groups excluding carboxylic acids is 2. The van der Waals surface area contributed by atoms with Crippen molar-refractivity contribution < 1.29 is 48.3 Å². The molecule has 0 aliphatic carbocycles. The lowest BCUT2D eigenvalue weighted by molar-refractivity contribution is -0.141. The number of rotatable bonds is 15. The fraction of sp³-hybridized carbons (Fsp3) is 0.333. The van der Waals surface area contributed by atoms with Crippen molar-refractivity contribution in [3.05, 3.63) is 46.2 Å². The van der Waals surface area contributed by atoms with Gasteiger partial charge in [0.15, 0.2) is 34.6 Å². The molecule has 2 aromatic carbocycles. The van der Waals surface area contributed by atoms with Crippen molar-refractivity contribution in [3.8, 4) is 23.0 Å². The first-order valence-corrected chi connectivity index (χ1v) is 14.6. The zero-order chi connectivity index (χ0) is 30.6. The lowest BCUT2D eigenvalue weighted by atomic mass is 10.0. The van der Waals surface area contributed by atoms with Crippen molar-refractivity contribution in [2.45, 2.75) is 26.7 Å². The fourth-order valence-electron chi connectivity index (χ4n) is 4.15. The molecule has 222 valence electrons. The third-order valence-electron chi connectivity index (χ3n) is 6.58. The molecule has 0 saturated heterocycles. The highest BCUT2D eigenvalue weighted by Crippen LogP contribution is 2.39. The molecule has 10 nitrogen and oxygen atoms in total. The number of Topliss-reactive ketones (excluding diaryl/α,β-unsaturated/α-hetero) is 2. The van der Waals surface area contributed by atoms with Crippen LogP contribution in [0.3, 0.4) is 0 Å². The van der Waals surface area contributed by atoms with Crippen LogP contribution in [0.5, 0.6) is 23.0 Å². The van der Waals surface area contributed by atoms with Crippen LogP contribution in [0.25, 0.3) is 20.2 Å². The Hall–Kier alpha value is -4.16. The maximum atomic E-state index is 12.6. The van der Waals surface area contributed by atoms with Gasteiger partial charge in [-0.1, -0.05) is 13.8 Å². The van der Waals surface area contributed by atoms with Crippen molar-refractivity contribution in [2.75, 3.05) is 27.4 Å². The summed E-state index contributed by atoms with van der Waals surface area (Å²) in [6, 6.07) is 10.5. The quantitative estimate of drug-likeness (QED) is 0.118. The second-order valence-electron chi connectivity index (χ2n) is 9.73. The molecule has 12 heteroatoms. The number of ether oxygens (including phenoxy) is 4. The molecule has 2 N–H and O–H groups in total. The van der Waals surface area contributed by atoms with Gasteiger partial charge in [0.1, 0.15) is 13.2 Å². The second kappa shape index (κ2) is 13.2. The zero-order valence-corrected chi connectivity index (χ0v) is 25.1. The molecular weight excluding hydrogens is 584 g/mol. The smallest absolute Gasteiger partial charge is 0.306 e. The lowest BCUT2D eigenvalue weighted by Crippen LogP contribution is -2.13. The fourth-order valence-corrected chi connectivity index (χ4v) is 6.19. The van der Waals surface area contributed by atoms with E-state index >= 15 is 0 Å². The van der Waals surface area contributed by atoms with Gasteiger partial charge in [-0.3, -0.25) is 19.2 Å². The predicted octanol–water partition coefficient (Wildman–Crippen LogP) is 6.18. The Morgan fingerprint density at radius 2 is 1.02 bits per heavy atom. The van der Waals surface area contributed by atoms with E-state index < -0.39 is 23.8 Å². The van der Waals surface area contributed by atoms with Gasteiger partial charge >= 0.3 is 11.9 Å². The van der Waals surface area contributed by atoms with Crippen LogP contribution in [-0.4, -0.2) is 61.2 Å². The number of methoxy groups -OCH3 is 2. The standard InChI is InChI=1S/C30H30O10S2/c1-15(29(33)34)7-19(31)27-11-17-9-23(21(37-3)13-25(17)41-27)39-5-6-40-24-10-18-12-28(20(32)8-16(2)30(35)36)42-26(18)14-22(24)38-4/h9-16H,5-8H2,1-4H3,(H,33,34)(H,35,36). The first kappa shape index (κ1) is 30.8. The molecule has 2 atom stereocenters. The molecule has 2 unspecified atom stereocenters. The van der Waals surface area contributed by atoms with Crippen LogP contribution >= 0.6 is 22.7 Å². The highest BCUT2D eigenvalue weighted by Gasteiger charge is 2.21. The van der Waals surface area contributed by atoms with Crippen LogP contribution < -0.4 is 18.9 Å². The molecule has 4 rings (SSSR count). The van der Waals surface area contributed by atoms with Crippen molar-refractivity contribution in [1.82, 2.24) is 0 Å². The summed E-state index contributed by atoms with van der Waals surface area (Å²) in [6.07, 6.45) is -0.162. The predicted molar refractivity (Wildman–Crippen MR) is 159 cm³/mol. The molecule has 4 aromatic rings. The first-order chi connectivity index (χ1) is 20.0. The number of ketones is 2. The summed E-state index contributed by atoms with van der Waals surface area (Å²) in [7, 11) is 3.03. The van der Waals surface area contributed by atoms with Crippen molar-refractivity contribution in [2.24, 2.45) is 11.8 Å². The summed E-state index contributed by atoms with van der Waals surface area (Å²) >= 11 is 2.54. The van der Waals surface area contributed by atoms with E-state index in [0.29, 0.717) is 32.8 Å². The van der Waals surface area contributed by atoms with E-state index in [1.165, 1.54) is 50.7 Å². The van der Waals surface area contributed by atoms with Crippen LogP contribution in [0.15, 0.2) is 36.4 Å². The van der Waals surface area contributed by atoms with Gasteiger partial charge in [-0.25, -0.2) is 0 Å². The monoisotopic (exact) mass is 614 g/mol. The van der Waals surface area contributed by atoms with Crippen LogP contribution in [0.1, 0.15) is 46.0 Å². The first-order valence-electron chi connectivity index (χ1n) is 13.0. The van der Waals surface area contributed by atoms with Crippen molar-refractivity contribution in [1.29, 1.82) is 0 Å². The van der Waals surface area contributed by atoms with Crippen molar-refractivity contribution >= 4 is 66.4 Å². The molecule has 2 aromatic heterocycles. The van der Waals surface area contributed by atoms with E-state index in [-0.39, 0.29) is 37.6 Å². The number of thiophene rings is 2. The molecule has 0 spiro atoms. The molecule has 0 radical (unpaired) electrons. The van der Waals surface area contributed by atoms with E-state index in [2.05, 4.69) is 0 Å². The van der Waals surface area contributed by atoms with Gasteiger partial charge in [0, 0.05) is 34.4 Å². The maximum absolute atomic E-state index is 12.6. The Labute approximate surface area is 249 Å². The lowest BCUT2D eigenvalue weighted by Gasteiger charge is -2.13. The Balaban J connectivity index is 1.43. The summed E-state index contributed by atoms with van der Waals surface area (Å²) in [6.45, 7) is 3.33. The van der Waals surface area contributed by atoms with Crippen LogP contribution in [0, 0.1) is 11.8 Å². The Bertz CT molecular complexity index is 1530. The minimum Gasteiger partial charge on any atom is -0.493 e. The number of carbonyl (C=O) groups is 4. The molecule has 0 saturated carbocycles. The maximum Gasteiger partial charge on any atom is 0.306 e. The van der Waals surface area contributed by atoms with E-state index in [1.54, 1.807) is 36.4 Å². The van der Waals surface area contributed by atoms with Gasteiger partial charge < -0.3 is 29.2 Å². The van der Waals surface area contributed by atoms with Gasteiger partial charge in [-0.15, -0.1) is 22.7 Å². The Morgan fingerprint density at radius 1 is 0.643 bits per heavy atom. The summed E-state index contributed by atoms with van der Waals surface area (Å²) in [5.74, 6) is -2.15. The summed E-state index contributed by atoms with van der Waals surface area (Å²) < 4.78 is 24.5. The van der Waals surface area contributed by atoms with E-state index in [9.17, 15) is 19.2 Å². The number of aliphatic carboxylic acids is 2. The molecule has 0 bridgehead atoms. The van der Waals surface area contributed by atoms with Crippen LogP contribution in [0.4, 0.5) is 0 Å². The zero-order valence-electron chi connectivity index (χ0n) is 23.4. The van der Waals surface area contributed by atoms with E-state index in [1.807, 2.05) is 0 Å². The largest absolute Gasteiger partial charge is 0.493 e. The number of hydrogen-bond donors (Lipinski definition) is 2. The Kier molecular flexibility index (Phi) is 9.69. The van der Waals surface area contributed by atoms with E-state index in [0.717, 1.165) is 20.2 Å². The van der Waals surface area contributed by atoms with Gasteiger partial charge in [0.05, 0.1) is 35.8 Å². The third-order valence-corrected chi connectivity index (χ3v) is 8.86. The number of hydrogen-bond acceptors (Lipinski definition) is 10. The molecule has 0 amide bonds. The topological polar surface area (TPSA) is 146 Å². The second-order valence-corrected chi connectivity index (χ2v) is 11.9. The molecule has 42 heavy (non-hydrogen) atoms. The Morgan fingerprint density at radius 3 is 1.36 bits per heavy atom. The number of fused-ring (bicyclic) bond motifs is 2. The molecule has 2 heterocycles. The SMILES string of the molecule is COc1cc2sc(C(=O)CC(C)C(=O)O)cc2cc1OCCOc1cc2cc(C(=O)CC(C)C(=O)O)sc2cc1OC. The van der Waals surface area contributed by atoms with Crippen molar-refractivity contribution in [3.63, 3.8) is 0 Å². The highest BCUT2D eigenvalue weighted by molar-refractivity contribution is 7.21. The molecule has 0 aliphatic rings. The highest BCUT2D eigenvalue weighted by atomic mass is 32.1. The van der Waals surface area contributed by atoms with E-state index in [4.69, 9.17) is 29.2 Å². The average Bonchev–Trinajstić information content (AvgIpc) is 3.57. The normalized spacial score (nSPS) is 12.6. The average molecular weight is 615 g/mol. The summed E-state index contributed by atoms with van der Waals surface area (Å²) in [5, 5.41) is 19.8. The summed E-state index contributed by atoms with van der Waals surface area (Å²) in [4.78, 5) is 48.3. The molecule has 0 aliphatic heterocycles. The van der Waals surface area contributed by atoms with Crippen LogP contribution in [0.2, 0.25) is 0 Å².